The minimum atomic E-state index is -0.252. The van der Waals surface area contributed by atoms with Gasteiger partial charge in [-0.05, 0) is 38.6 Å². The summed E-state index contributed by atoms with van der Waals surface area (Å²) in [6, 6.07) is 4.78. The molecule has 0 aliphatic rings. The summed E-state index contributed by atoms with van der Waals surface area (Å²) in [5.74, 6) is 0.316. The molecule has 1 unspecified atom stereocenters. The van der Waals surface area contributed by atoms with Crippen LogP contribution in [0.2, 0.25) is 0 Å². The first-order valence-corrected chi connectivity index (χ1v) is 7.50. The second-order valence-electron chi connectivity index (χ2n) is 5.05. The zero-order chi connectivity index (χ0) is 15.7. The van der Waals surface area contributed by atoms with E-state index in [-0.39, 0.29) is 18.5 Å². The first-order chi connectivity index (χ1) is 10.2. The normalized spacial score (nSPS) is 12.7. The van der Waals surface area contributed by atoms with Gasteiger partial charge in [0.1, 0.15) is 11.6 Å². The molecule has 0 bridgehead atoms. The van der Waals surface area contributed by atoms with Gasteiger partial charge in [-0.3, -0.25) is 0 Å². The SMILES string of the molecule is CCCN(CCO)CCC(NC)c1c(F)cccc1OC. The highest BCUT2D eigenvalue weighted by Gasteiger charge is 2.19. The molecule has 1 atom stereocenters. The molecule has 1 rings (SSSR count). The van der Waals surface area contributed by atoms with E-state index in [2.05, 4.69) is 17.1 Å². The van der Waals surface area contributed by atoms with Crippen LogP contribution in [0.4, 0.5) is 4.39 Å². The molecule has 5 heteroatoms. The van der Waals surface area contributed by atoms with Crippen LogP contribution in [0.3, 0.4) is 0 Å². The summed E-state index contributed by atoms with van der Waals surface area (Å²) in [6.45, 7) is 4.65. The van der Waals surface area contributed by atoms with Crippen molar-refractivity contribution in [3.8, 4) is 5.75 Å². The standard InChI is InChI=1S/C16H27FN2O2/c1-4-9-19(11-12-20)10-8-14(18-2)16-13(17)6-5-7-15(16)21-3/h5-7,14,18,20H,4,8-12H2,1-3H3. The van der Waals surface area contributed by atoms with Crippen LogP contribution < -0.4 is 10.1 Å². The van der Waals surface area contributed by atoms with Crippen LogP contribution in [0.15, 0.2) is 18.2 Å². The van der Waals surface area contributed by atoms with Gasteiger partial charge in [0.25, 0.3) is 0 Å². The minimum absolute atomic E-state index is 0.112. The predicted octanol–water partition coefficient (Wildman–Crippen LogP) is 2.19. The predicted molar refractivity (Wildman–Crippen MR) is 83.2 cm³/mol. The van der Waals surface area contributed by atoms with Crippen LogP contribution in [0.1, 0.15) is 31.4 Å². The number of nitrogens with one attached hydrogen (secondary N) is 1. The Labute approximate surface area is 126 Å². The van der Waals surface area contributed by atoms with Crippen LogP contribution in [-0.4, -0.2) is 50.4 Å². The van der Waals surface area contributed by atoms with Gasteiger partial charge in [-0.1, -0.05) is 13.0 Å². The second-order valence-corrected chi connectivity index (χ2v) is 5.05. The number of rotatable bonds is 10. The summed E-state index contributed by atoms with van der Waals surface area (Å²) in [7, 11) is 3.38. The Bertz CT molecular complexity index is 409. The Morgan fingerprint density at radius 1 is 1.33 bits per heavy atom. The van der Waals surface area contributed by atoms with Crippen LogP contribution in [0.5, 0.6) is 5.75 Å². The fraction of sp³-hybridized carbons (Fsp3) is 0.625. The van der Waals surface area contributed by atoms with E-state index in [1.54, 1.807) is 19.2 Å². The van der Waals surface area contributed by atoms with Gasteiger partial charge in [0.2, 0.25) is 0 Å². The Balaban J connectivity index is 2.79. The van der Waals surface area contributed by atoms with Gasteiger partial charge in [0, 0.05) is 24.7 Å². The number of aliphatic hydroxyl groups excluding tert-OH is 1. The molecule has 1 aromatic rings. The zero-order valence-electron chi connectivity index (χ0n) is 13.2. The highest BCUT2D eigenvalue weighted by Crippen LogP contribution is 2.29. The molecule has 2 N–H and O–H groups in total. The molecule has 0 fully saturated rings. The molecule has 0 aliphatic heterocycles. The summed E-state index contributed by atoms with van der Waals surface area (Å²) in [6.07, 6.45) is 1.79. The van der Waals surface area contributed by atoms with E-state index in [0.717, 1.165) is 25.9 Å². The fourth-order valence-electron chi connectivity index (χ4n) is 2.57. The van der Waals surface area contributed by atoms with Gasteiger partial charge >= 0.3 is 0 Å². The first-order valence-electron chi connectivity index (χ1n) is 7.50. The largest absolute Gasteiger partial charge is 0.496 e. The van der Waals surface area contributed by atoms with E-state index in [1.165, 1.54) is 6.07 Å². The average Bonchev–Trinajstić information content (AvgIpc) is 2.49. The molecule has 1 aromatic carbocycles. The van der Waals surface area contributed by atoms with Crippen LogP contribution >= 0.6 is 0 Å². The Morgan fingerprint density at radius 3 is 2.67 bits per heavy atom. The molecule has 21 heavy (non-hydrogen) atoms. The van der Waals surface area contributed by atoms with Crippen molar-refractivity contribution in [3.63, 3.8) is 0 Å². The number of halogens is 1. The molecule has 0 aromatic heterocycles. The fourth-order valence-corrected chi connectivity index (χ4v) is 2.57. The topological polar surface area (TPSA) is 44.7 Å². The number of methoxy groups -OCH3 is 1. The number of nitrogens with zero attached hydrogens (tertiary/aromatic N) is 1. The summed E-state index contributed by atoms with van der Waals surface area (Å²) >= 11 is 0. The van der Waals surface area contributed by atoms with E-state index < -0.39 is 0 Å². The second kappa shape index (κ2) is 9.71. The highest BCUT2D eigenvalue weighted by atomic mass is 19.1. The van der Waals surface area contributed by atoms with E-state index in [4.69, 9.17) is 9.84 Å². The van der Waals surface area contributed by atoms with Crippen molar-refractivity contribution in [3.05, 3.63) is 29.6 Å². The smallest absolute Gasteiger partial charge is 0.131 e. The lowest BCUT2D eigenvalue weighted by atomic mass is 10.0. The summed E-state index contributed by atoms with van der Waals surface area (Å²) < 4.78 is 19.4. The Morgan fingerprint density at radius 2 is 2.10 bits per heavy atom. The third-order valence-electron chi connectivity index (χ3n) is 3.62. The molecule has 0 radical (unpaired) electrons. The molecule has 0 heterocycles. The third-order valence-corrected chi connectivity index (χ3v) is 3.62. The van der Waals surface area contributed by atoms with Crippen molar-refractivity contribution in [1.82, 2.24) is 10.2 Å². The van der Waals surface area contributed by atoms with E-state index in [0.29, 0.717) is 17.9 Å². The molecule has 0 aliphatic carbocycles. The van der Waals surface area contributed by atoms with Crippen LogP contribution in [-0.2, 0) is 0 Å². The summed E-state index contributed by atoms with van der Waals surface area (Å²) in [5.41, 5.74) is 0.572. The number of aliphatic hydroxyl groups is 1. The van der Waals surface area contributed by atoms with E-state index >= 15 is 0 Å². The quantitative estimate of drug-likeness (QED) is 0.695. The van der Waals surface area contributed by atoms with Crippen molar-refractivity contribution < 1.29 is 14.2 Å². The zero-order valence-corrected chi connectivity index (χ0v) is 13.2. The summed E-state index contributed by atoms with van der Waals surface area (Å²) in [5, 5.41) is 12.3. The number of benzene rings is 1. The molecular weight excluding hydrogens is 271 g/mol. The lowest BCUT2D eigenvalue weighted by Gasteiger charge is -2.25. The number of ether oxygens (including phenoxy) is 1. The Hall–Kier alpha value is -1.17. The summed E-state index contributed by atoms with van der Waals surface area (Å²) in [4.78, 5) is 2.19. The lowest BCUT2D eigenvalue weighted by molar-refractivity contribution is 0.189. The first kappa shape index (κ1) is 17.9. The number of hydrogen-bond donors (Lipinski definition) is 2. The van der Waals surface area contributed by atoms with Crippen molar-refractivity contribution in [2.24, 2.45) is 0 Å². The van der Waals surface area contributed by atoms with Gasteiger partial charge < -0.3 is 20.1 Å². The van der Waals surface area contributed by atoms with Gasteiger partial charge in [-0.2, -0.15) is 0 Å². The molecule has 0 saturated carbocycles. The van der Waals surface area contributed by atoms with E-state index in [1.807, 2.05) is 7.05 Å². The molecular formula is C16H27FN2O2. The molecule has 4 nitrogen and oxygen atoms in total. The molecule has 0 spiro atoms. The Kier molecular flexibility index (Phi) is 8.27. The average molecular weight is 298 g/mol. The van der Waals surface area contributed by atoms with Gasteiger partial charge in [0.05, 0.1) is 13.7 Å². The molecule has 0 saturated heterocycles. The third kappa shape index (κ3) is 5.26. The maximum absolute atomic E-state index is 14.1. The van der Waals surface area contributed by atoms with Gasteiger partial charge in [0.15, 0.2) is 0 Å². The van der Waals surface area contributed by atoms with Crippen molar-refractivity contribution in [2.75, 3.05) is 40.4 Å². The number of hydrogen-bond acceptors (Lipinski definition) is 4. The van der Waals surface area contributed by atoms with Gasteiger partial charge in [-0.15, -0.1) is 0 Å². The van der Waals surface area contributed by atoms with Crippen molar-refractivity contribution in [2.45, 2.75) is 25.8 Å². The highest BCUT2D eigenvalue weighted by molar-refractivity contribution is 5.37. The monoisotopic (exact) mass is 298 g/mol. The van der Waals surface area contributed by atoms with Crippen LogP contribution in [0.25, 0.3) is 0 Å². The van der Waals surface area contributed by atoms with Crippen molar-refractivity contribution in [1.29, 1.82) is 0 Å². The minimum Gasteiger partial charge on any atom is -0.496 e. The molecule has 120 valence electrons. The maximum atomic E-state index is 14.1. The van der Waals surface area contributed by atoms with E-state index in [9.17, 15) is 4.39 Å². The van der Waals surface area contributed by atoms with Gasteiger partial charge in [-0.25, -0.2) is 4.39 Å². The van der Waals surface area contributed by atoms with Crippen LogP contribution in [0, 0.1) is 5.82 Å². The van der Waals surface area contributed by atoms with Crippen molar-refractivity contribution >= 4 is 0 Å². The lowest BCUT2D eigenvalue weighted by Crippen LogP contribution is -2.31. The maximum Gasteiger partial charge on any atom is 0.131 e. The molecule has 0 amide bonds.